The third-order valence-corrected chi connectivity index (χ3v) is 7.19. The van der Waals surface area contributed by atoms with E-state index < -0.39 is 10.0 Å². The van der Waals surface area contributed by atoms with Crippen molar-refractivity contribution in [1.29, 1.82) is 0 Å². The second-order valence-corrected chi connectivity index (χ2v) is 9.35. The van der Waals surface area contributed by atoms with Crippen molar-refractivity contribution in [3.05, 3.63) is 64.3 Å². The van der Waals surface area contributed by atoms with Crippen LogP contribution in [0.3, 0.4) is 0 Å². The zero-order valence-electron chi connectivity index (χ0n) is 17.4. The number of nitrogens with zero attached hydrogens (tertiary/aromatic N) is 2. The van der Waals surface area contributed by atoms with Crippen LogP contribution in [-0.2, 0) is 16.6 Å². The van der Waals surface area contributed by atoms with E-state index in [4.69, 9.17) is 0 Å². The van der Waals surface area contributed by atoms with E-state index in [-0.39, 0.29) is 5.78 Å². The van der Waals surface area contributed by atoms with E-state index in [1.54, 1.807) is 6.08 Å². The molecule has 1 aromatic heterocycles. The molecule has 0 aliphatic carbocycles. The number of ketones is 1. The monoisotopic (exact) mass is 416 g/mol. The Balaban J connectivity index is 1.57. The van der Waals surface area contributed by atoms with Crippen LogP contribution in [0.2, 0.25) is 0 Å². The van der Waals surface area contributed by atoms with Crippen molar-refractivity contribution in [2.75, 3.05) is 32.7 Å². The molecule has 1 saturated heterocycles. The maximum Gasteiger partial charge on any atom is 0.236 e. The number of sulfonamides is 1. The Labute approximate surface area is 173 Å². The van der Waals surface area contributed by atoms with Gasteiger partial charge in [-0.3, -0.25) is 4.79 Å². The number of nitrogens with one attached hydrogen (secondary N) is 1. The van der Waals surface area contributed by atoms with E-state index in [9.17, 15) is 13.2 Å². The summed E-state index contributed by atoms with van der Waals surface area (Å²) in [4.78, 5) is 13.9. The first kappa shape index (κ1) is 21.5. The first-order valence-electron chi connectivity index (χ1n) is 10.1. The number of rotatable bonds is 7. The summed E-state index contributed by atoms with van der Waals surface area (Å²) in [7, 11) is -3.45. The van der Waals surface area contributed by atoms with E-state index >= 15 is 0 Å². The normalized spacial score (nSPS) is 16.5. The van der Waals surface area contributed by atoms with Gasteiger partial charge in [-0.25, -0.2) is 8.42 Å². The average Bonchev–Trinajstić information content (AvgIpc) is 3.01. The maximum absolute atomic E-state index is 12.8. The fourth-order valence-electron chi connectivity index (χ4n) is 3.94. The number of carbonyl (C=O) groups is 1. The highest BCUT2D eigenvalue weighted by molar-refractivity contribution is 7.92. The summed E-state index contributed by atoms with van der Waals surface area (Å²) in [5.74, 6) is 0.132. The molecule has 0 amide bonds. The Hall–Kier alpha value is -2.22. The fraction of sp³-hybridized carbons (Fsp3) is 0.409. The lowest BCUT2D eigenvalue weighted by Crippen LogP contribution is -3.15. The SMILES string of the molecule is CCn1c(C)cc(C(=O)C[NH+]2CCN(S(=O)(=O)/C=C/c3ccccc3)CC2)c1C. The fourth-order valence-corrected chi connectivity index (χ4v) is 5.13. The van der Waals surface area contributed by atoms with Gasteiger partial charge in [0.2, 0.25) is 15.8 Å². The van der Waals surface area contributed by atoms with E-state index in [0.29, 0.717) is 32.7 Å². The van der Waals surface area contributed by atoms with Gasteiger partial charge in [-0.2, -0.15) is 4.31 Å². The van der Waals surface area contributed by atoms with E-state index in [2.05, 4.69) is 11.5 Å². The summed E-state index contributed by atoms with van der Waals surface area (Å²) in [6.07, 6.45) is 1.63. The van der Waals surface area contributed by atoms with Crippen LogP contribution in [0.15, 0.2) is 41.8 Å². The molecule has 0 bridgehead atoms. The number of benzene rings is 1. The smallest absolute Gasteiger partial charge is 0.236 e. The summed E-state index contributed by atoms with van der Waals surface area (Å²) in [5, 5.41) is 1.28. The zero-order chi connectivity index (χ0) is 21.0. The van der Waals surface area contributed by atoms with Crippen molar-refractivity contribution in [2.45, 2.75) is 27.3 Å². The second-order valence-electron chi connectivity index (χ2n) is 7.54. The Morgan fingerprint density at radius 3 is 2.38 bits per heavy atom. The third kappa shape index (κ3) is 5.04. The van der Waals surface area contributed by atoms with Crippen molar-refractivity contribution in [3.63, 3.8) is 0 Å². The van der Waals surface area contributed by atoms with Gasteiger partial charge in [0.1, 0.15) is 6.54 Å². The first-order valence-corrected chi connectivity index (χ1v) is 11.6. The molecule has 0 spiro atoms. The minimum absolute atomic E-state index is 0.132. The molecule has 6 nitrogen and oxygen atoms in total. The van der Waals surface area contributed by atoms with Crippen molar-refractivity contribution in [1.82, 2.24) is 8.87 Å². The Morgan fingerprint density at radius 1 is 1.14 bits per heavy atom. The molecule has 1 aliphatic heterocycles. The molecular formula is C22H30N3O3S+. The van der Waals surface area contributed by atoms with Crippen LogP contribution in [-0.4, -0.2) is 55.8 Å². The number of hydrogen-bond donors (Lipinski definition) is 1. The highest BCUT2D eigenvalue weighted by atomic mass is 32.2. The van der Waals surface area contributed by atoms with Gasteiger partial charge in [0.25, 0.3) is 0 Å². The van der Waals surface area contributed by atoms with Gasteiger partial charge in [0, 0.05) is 28.9 Å². The summed E-state index contributed by atoms with van der Waals surface area (Å²) in [5.41, 5.74) is 3.76. The van der Waals surface area contributed by atoms with Gasteiger partial charge >= 0.3 is 0 Å². The third-order valence-electron chi connectivity index (χ3n) is 5.62. The number of carbonyl (C=O) groups excluding carboxylic acids is 1. The molecule has 29 heavy (non-hydrogen) atoms. The molecule has 0 unspecified atom stereocenters. The van der Waals surface area contributed by atoms with Gasteiger partial charge in [0.05, 0.1) is 26.2 Å². The lowest BCUT2D eigenvalue weighted by atomic mass is 10.1. The Morgan fingerprint density at radius 2 is 1.79 bits per heavy atom. The second kappa shape index (κ2) is 9.07. The highest BCUT2D eigenvalue weighted by Gasteiger charge is 2.29. The maximum atomic E-state index is 12.8. The zero-order valence-corrected chi connectivity index (χ0v) is 18.2. The van der Waals surface area contributed by atoms with Crippen molar-refractivity contribution in [3.8, 4) is 0 Å². The molecule has 0 radical (unpaired) electrons. The van der Waals surface area contributed by atoms with Gasteiger partial charge in [-0.1, -0.05) is 30.3 Å². The number of quaternary nitrogens is 1. The van der Waals surface area contributed by atoms with E-state index in [0.717, 1.165) is 34.0 Å². The molecule has 1 N–H and O–H groups in total. The van der Waals surface area contributed by atoms with Gasteiger partial charge in [0.15, 0.2) is 0 Å². The summed E-state index contributed by atoms with van der Waals surface area (Å²) in [6.45, 7) is 9.47. The van der Waals surface area contributed by atoms with Crippen molar-refractivity contribution >= 4 is 21.9 Å². The number of hydrogen-bond acceptors (Lipinski definition) is 3. The minimum atomic E-state index is -3.45. The first-order chi connectivity index (χ1) is 13.8. The topological polar surface area (TPSA) is 63.8 Å². The van der Waals surface area contributed by atoms with Crippen LogP contribution in [0.5, 0.6) is 0 Å². The number of aryl methyl sites for hydroxylation is 1. The van der Waals surface area contributed by atoms with Crippen LogP contribution >= 0.6 is 0 Å². The van der Waals surface area contributed by atoms with Crippen LogP contribution in [0, 0.1) is 13.8 Å². The molecule has 3 rings (SSSR count). The van der Waals surface area contributed by atoms with Crippen LogP contribution in [0.25, 0.3) is 6.08 Å². The minimum Gasteiger partial charge on any atom is -0.349 e. The largest absolute Gasteiger partial charge is 0.349 e. The molecule has 1 aliphatic rings. The Bertz CT molecular complexity index is 986. The van der Waals surface area contributed by atoms with Crippen molar-refractivity contribution in [2.24, 2.45) is 0 Å². The lowest BCUT2D eigenvalue weighted by molar-refractivity contribution is -0.895. The number of aromatic nitrogens is 1. The van der Waals surface area contributed by atoms with Gasteiger partial charge < -0.3 is 9.47 Å². The Kier molecular flexibility index (Phi) is 6.72. The summed E-state index contributed by atoms with van der Waals surface area (Å²) >= 11 is 0. The van der Waals surface area contributed by atoms with Crippen LogP contribution < -0.4 is 4.90 Å². The average molecular weight is 417 g/mol. The van der Waals surface area contributed by atoms with Gasteiger partial charge in [-0.05, 0) is 38.5 Å². The lowest BCUT2D eigenvalue weighted by Gasteiger charge is -2.30. The molecule has 7 heteroatoms. The molecule has 2 heterocycles. The van der Waals surface area contributed by atoms with Gasteiger partial charge in [-0.15, -0.1) is 0 Å². The highest BCUT2D eigenvalue weighted by Crippen LogP contribution is 2.15. The molecule has 1 aromatic carbocycles. The quantitative estimate of drug-likeness (QED) is 0.696. The summed E-state index contributed by atoms with van der Waals surface area (Å²) < 4.78 is 28.8. The van der Waals surface area contributed by atoms with Crippen molar-refractivity contribution < 1.29 is 18.1 Å². The number of Topliss-reactive ketones (excluding diaryl/α,β-unsaturated/α-hetero) is 1. The van der Waals surface area contributed by atoms with Crippen LogP contribution in [0.1, 0.15) is 34.2 Å². The molecular weight excluding hydrogens is 386 g/mol. The predicted molar refractivity (Wildman–Crippen MR) is 115 cm³/mol. The molecule has 156 valence electrons. The summed E-state index contributed by atoms with van der Waals surface area (Å²) in [6, 6.07) is 11.4. The molecule has 2 aromatic rings. The van der Waals surface area contributed by atoms with E-state index in [1.165, 1.54) is 9.71 Å². The molecule has 0 atom stereocenters. The molecule has 1 fully saturated rings. The van der Waals surface area contributed by atoms with Crippen LogP contribution in [0.4, 0.5) is 0 Å². The standard InChI is InChI=1S/C22H29N3O3S/c1-4-25-18(2)16-21(19(25)3)22(26)17-23-11-13-24(14-12-23)29(27,28)15-10-20-8-6-5-7-9-20/h5-10,15-16H,4,11-14,17H2,1-3H3/p+1/b15-10+. The molecule has 0 saturated carbocycles. The van der Waals surface area contributed by atoms with E-state index in [1.807, 2.05) is 50.2 Å². The predicted octanol–water partition coefficient (Wildman–Crippen LogP) is 1.51. The number of piperazine rings is 1.